The smallest absolute Gasteiger partial charge is 0.222 e. The molecule has 30 heavy (non-hydrogen) atoms. The van der Waals surface area contributed by atoms with Crippen LogP contribution < -0.4 is 10.1 Å². The van der Waals surface area contributed by atoms with E-state index in [9.17, 15) is 9.59 Å². The highest BCUT2D eigenvalue weighted by Crippen LogP contribution is 2.44. The van der Waals surface area contributed by atoms with Crippen LogP contribution in [-0.4, -0.2) is 55.6 Å². The number of hydrogen-bond acceptors (Lipinski definition) is 6. The van der Waals surface area contributed by atoms with Crippen molar-refractivity contribution >= 4 is 11.8 Å². The lowest BCUT2D eigenvalue weighted by Gasteiger charge is -2.42. The van der Waals surface area contributed by atoms with Gasteiger partial charge in [-0.25, -0.2) is 4.68 Å². The minimum Gasteiger partial charge on any atom is -0.487 e. The molecule has 0 radical (unpaired) electrons. The van der Waals surface area contributed by atoms with Gasteiger partial charge in [-0.15, -0.1) is 5.10 Å². The molecular weight excluding hydrogens is 384 g/mol. The molecule has 1 N–H and O–H groups in total. The Bertz CT molecular complexity index is 929. The van der Waals surface area contributed by atoms with E-state index < -0.39 is 5.60 Å². The van der Waals surface area contributed by atoms with E-state index in [0.717, 1.165) is 17.7 Å². The molecule has 0 unspecified atom stereocenters. The van der Waals surface area contributed by atoms with Crippen LogP contribution in [0, 0.1) is 6.92 Å². The van der Waals surface area contributed by atoms with Crippen LogP contribution >= 0.6 is 0 Å². The summed E-state index contributed by atoms with van der Waals surface area (Å²) < 4.78 is 8.09. The first-order valence-electron chi connectivity index (χ1n) is 10.6. The predicted octanol–water partition coefficient (Wildman–Crippen LogP) is 1.78. The van der Waals surface area contributed by atoms with Crippen molar-refractivity contribution in [3.63, 3.8) is 0 Å². The van der Waals surface area contributed by atoms with E-state index in [1.54, 1.807) is 4.68 Å². The van der Waals surface area contributed by atoms with Crippen molar-refractivity contribution < 1.29 is 14.3 Å². The van der Waals surface area contributed by atoms with Crippen molar-refractivity contribution in [1.82, 2.24) is 30.4 Å². The fourth-order valence-corrected chi connectivity index (χ4v) is 4.40. The number of carbonyl (C=O) groups is 2. The van der Waals surface area contributed by atoms with Crippen molar-refractivity contribution in [2.45, 2.75) is 64.1 Å². The molecule has 2 aliphatic rings. The summed E-state index contributed by atoms with van der Waals surface area (Å²) in [4.78, 5) is 27.0. The van der Waals surface area contributed by atoms with E-state index in [1.165, 1.54) is 0 Å². The standard InChI is InChI=1S/C21H28N6O3/c1-3-26-13-11-21(10-8-20(26)29)14-17(16-6-4-5-7-18(16)30-21)22-19(28)9-12-27-15(2)23-24-25-27/h4-7,17H,3,8-14H2,1-2H3,(H,22,28)/t17-,21+/m0/s1. The molecule has 0 aliphatic carbocycles. The third-order valence-corrected chi connectivity index (χ3v) is 6.16. The molecule has 1 aromatic heterocycles. The second-order valence-electron chi connectivity index (χ2n) is 8.07. The summed E-state index contributed by atoms with van der Waals surface area (Å²) in [5, 5.41) is 14.5. The molecule has 0 bridgehead atoms. The molecular formula is C21H28N6O3. The molecule has 2 aromatic rings. The topological polar surface area (TPSA) is 102 Å². The normalized spacial score (nSPS) is 23.6. The van der Waals surface area contributed by atoms with E-state index in [2.05, 4.69) is 20.8 Å². The SMILES string of the molecule is CCN1CC[C@]2(CCC1=O)C[C@H](NC(=O)CCn1nnnc1C)c1ccccc1O2. The number of benzene rings is 1. The van der Waals surface area contributed by atoms with Crippen LogP contribution in [0.25, 0.3) is 0 Å². The van der Waals surface area contributed by atoms with Gasteiger partial charge in [-0.05, 0) is 36.8 Å². The number of para-hydroxylation sites is 1. The lowest BCUT2D eigenvalue weighted by molar-refractivity contribution is -0.130. The van der Waals surface area contributed by atoms with E-state index >= 15 is 0 Å². The van der Waals surface area contributed by atoms with Crippen molar-refractivity contribution in [2.75, 3.05) is 13.1 Å². The van der Waals surface area contributed by atoms with Crippen molar-refractivity contribution in [3.05, 3.63) is 35.7 Å². The van der Waals surface area contributed by atoms with Crippen LogP contribution in [-0.2, 0) is 16.1 Å². The first-order valence-corrected chi connectivity index (χ1v) is 10.6. The molecule has 9 nitrogen and oxygen atoms in total. The molecule has 2 aliphatic heterocycles. The largest absolute Gasteiger partial charge is 0.487 e. The van der Waals surface area contributed by atoms with Crippen molar-refractivity contribution in [3.8, 4) is 5.75 Å². The molecule has 1 saturated heterocycles. The Morgan fingerprint density at radius 3 is 2.93 bits per heavy atom. The van der Waals surface area contributed by atoms with Gasteiger partial charge in [0.05, 0.1) is 12.6 Å². The third kappa shape index (κ3) is 4.15. The van der Waals surface area contributed by atoms with Gasteiger partial charge in [-0.2, -0.15) is 0 Å². The Labute approximate surface area is 175 Å². The lowest BCUT2D eigenvalue weighted by atomic mass is 9.82. The summed E-state index contributed by atoms with van der Waals surface area (Å²) in [6.07, 6.45) is 2.84. The second-order valence-corrected chi connectivity index (χ2v) is 8.07. The minimum absolute atomic E-state index is 0.0540. The number of ether oxygens (including phenoxy) is 1. The Morgan fingerprint density at radius 2 is 2.17 bits per heavy atom. The third-order valence-electron chi connectivity index (χ3n) is 6.16. The Hall–Kier alpha value is -2.97. The van der Waals surface area contributed by atoms with E-state index in [-0.39, 0.29) is 17.9 Å². The molecule has 0 saturated carbocycles. The fraction of sp³-hybridized carbons (Fsp3) is 0.571. The number of hydrogen-bond donors (Lipinski definition) is 1. The molecule has 4 rings (SSSR count). The van der Waals surface area contributed by atoms with Crippen LogP contribution in [0.5, 0.6) is 5.75 Å². The Kier molecular flexibility index (Phi) is 5.69. The number of fused-ring (bicyclic) bond motifs is 1. The van der Waals surface area contributed by atoms with Crippen LogP contribution in [0.2, 0.25) is 0 Å². The van der Waals surface area contributed by atoms with Gasteiger partial charge in [0.25, 0.3) is 0 Å². The summed E-state index contributed by atoms with van der Waals surface area (Å²) >= 11 is 0. The van der Waals surface area contributed by atoms with Gasteiger partial charge in [0.15, 0.2) is 0 Å². The maximum Gasteiger partial charge on any atom is 0.222 e. The number of aryl methyl sites for hydroxylation is 2. The highest BCUT2D eigenvalue weighted by Gasteiger charge is 2.43. The highest BCUT2D eigenvalue weighted by molar-refractivity contribution is 5.77. The molecule has 9 heteroatoms. The fourth-order valence-electron chi connectivity index (χ4n) is 4.40. The Morgan fingerprint density at radius 1 is 1.33 bits per heavy atom. The number of nitrogens with zero attached hydrogens (tertiary/aromatic N) is 5. The Balaban J connectivity index is 1.49. The molecule has 160 valence electrons. The molecule has 1 fully saturated rings. The van der Waals surface area contributed by atoms with Crippen molar-refractivity contribution in [2.24, 2.45) is 0 Å². The summed E-state index contributed by atoms with van der Waals surface area (Å²) in [5.41, 5.74) is 0.538. The van der Waals surface area contributed by atoms with Gasteiger partial charge in [0.1, 0.15) is 17.2 Å². The average molecular weight is 412 g/mol. The van der Waals surface area contributed by atoms with Crippen LogP contribution in [0.15, 0.2) is 24.3 Å². The number of carbonyl (C=O) groups excluding carboxylic acids is 2. The first-order chi connectivity index (χ1) is 14.5. The van der Waals surface area contributed by atoms with Gasteiger partial charge in [0.2, 0.25) is 11.8 Å². The zero-order valence-corrected chi connectivity index (χ0v) is 17.5. The summed E-state index contributed by atoms with van der Waals surface area (Å²) in [6.45, 7) is 5.63. The number of rotatable bonds is 5. The van der Waals surface area contributed by atoms with Gasteiger partial charge in [-0.1, -0.05) is 18.2 Å². The second kappa shape index (κ2) is 8.41. The number of amides is 2. The average Bonchev–Trinajstić information content (AvgIpc) is 3.09. The quantitative estimate of drug-likeness (QED) is 0.803. The van der Waals surface area contributed by atoms with Crippen molar-refractivity contribution in [1.29, 1.82) is 0 Å². The summed E-state index contributed by atoms with van der Waals surface area (Å²) in [7, 11) is 0. The van der Waals surface area contributed by atoms with Crippen LogP contribution in [0.4, 0.5) is 0 Å². The maximum atomic E-state index is 12.7. The number of aromatic nitrogens is 4. The number of likely N-dealkylation sites (tertiary alicyclic amines) is 1. The molecule has 1 aromatic carbocycles. The van der Waals surface area contributed by atoms with Gasteiger partial charge in [-0.3, -0.25) is 9.59 Å². The van der Waals surface area contributed by atoms with E-state index in [4.69, 9.17) is 4.74 Å². The summed E-state index contributed by atoms with van der Waals surface area (Å²) in [6, 6.07) is 7.69. The lowest BCUT2D eigenvalue weighted by Crippen LogP contribution is -2.46. The first kappa shape index (κ1) is 20.3. The van der Waals surface area contributed by atoms with Gasteiger partial charge in [0, 0.05) is 44.3 Å². The van der Waals surface area contributed by atoms with Crippen LogP contribution in [0.3, 0.4) is 0 Å². The summed E-state index contributed by atoms with van der Waals surface area (Å²) in [5.74, 6) is 1.60. The monoisotopic (exact) mass is 412 g/mol. The van der Waals surface area contributed by atoms with Crippen LogP contribution in [0.1, 0.15) is 56.5 Å². The minimum atomic E-state index is -0.446. The molecule has 2 atom stereocenters. The zero-order chi connectivity index (χ0) is 21.1. The van der Waals surface area contributed by atoms with Gasteiger partial charge < -0.3 is 15.0 Å². The van der Waals surface area contributed by atoms with E-state index in [1.807, 2.05) is 43.0 Å². The van der Waals surface area contributed by atoms with Gasteiger partial charge >= 0.3 is 0 Å². The predicted molar refractivity (Wildman–Crippen MR) is 109 cm³/mol. The zero-order valence-electron chi connectivity index (χ0n) is 17.5. The highest BCUT2D eigenvalue weighted by atomic mass is 16.5. The molecule has 2 amide bonds. The number of nitrogens with one attached hydrogen (secondary N) is 1. The molecule has 1 spiro atoms. The number of tetrazole rings is 1. The van der Waals surface area contributed by atoms with E-state index in [0.29, 0.717) is 51.1 Å². The maximum absolute atomic E-state index is 12.7. The molecule has 3 heterocycles.